The zero-order valence-corrected chi connectivity index (χ0v) is 16.0. The van der Waals surface area contributed by atoms with E-state index in [0.717, 1.165) is 29.7 Å². The van der Waals surface area contributed by atoms with E-state index in [0.29, 0.717) is 28.9 Å². The molecule has 0 spiro atoms. The fourth-order valence-corrected chi connectivity index (χ4v) is 4.44. The van der Waals surface area contributed by atoms with Crippen LogP contribution in [0.3, 0.4) is 0 Å². The quantitative estimate of drug-likeness (QED) is 0.660. The van der Waals surface area contributed by atoms with Crippen LogP contribution in [0.25, 0.3) is 10.2 Å². The van der Waals surface area contributed by atoms with Crippen LogP contribution in [0.5, 0.6) is 0 Å². The number of rotatable bonds is 5. The molecule has 0 bridgehead atoms. The van der Waals surface area contributed by atoms with Gasteiger partial charge in [0.25, 0.3) is 5.91 Å². The number of ether oxygens (including phenoxy) is 1. The smallest absolute Gasteiger partial charge is 0.278 e. The van der Waals surface area contributed by atoms with Gasteiger partial charge in [-0.25, -0.2) is 4.98 Å². The van der Waals surface area contributed by atoms with Crippen LogP contribution in [0.15, 0.2) is 30.5 Å². The fourth-order valence-electron chi connectivity index (χ4n) is 3.16. The van der Waals surface area contributed by atoms with Gasteiger partial charge in [0.15, 0.2) is 5.13 Å². The number of carbonyl (C=O) groups excluding carboxylic acids is 1. The van der Waals surface area contributed by atoms with Crippen LogP contribution in [0.4, 0.5) is 5.13 Å². The van der Waals surface area contributed by atoms with Crippen LogP contribution in [0.2, 0.25) is 5.02 Å². The summed E-state index contributed by atoms with van der Waals surface area (Å²) in [5.74, 6) is -0.116. The summed E-state index contributed by atoms with van der Waals surface area (Å²) < 4.78 is 8.42. The van der Waals surface area contributed by atoms with Crippen molar-refractivity contribution in [3.8, 4) is 0 Å². The number of para-hydroxylation sites is 1. The Bertz CT molecular complexity index is 932. The summed E-state index contributed by atoms with van der Waals surface area (Å²) in [6, 6.07) is 7.42. The second kappa shape index (κ2) is 7.34. The van der Waals surface area contributed by atoms with Gasteiger partial charge in [-0.15, -0.1) is 0 Å². The van der Waals surface area contributed by atoms with Gasteiger partial charge in [0, 0.05) is 19.3 Å². The molecule has 1 atom stereocenters. The van der Waals surface area contributed by atoms with Crippen molar-refractivity contribution in [2.45, 2.75) is 32.4 Å². The molecule has 0 saturated carbocycles. The van der Waals surface area contributed by atoms with Crippen molar-refractivity contribution in [1.29, 1.82) is 0 Å². The number of halogens is 1. The Labute approximate surface area is 160 Å². The first kappa shape index (κ1) is 17.5. The van der Waals surface area contributed by atoms with Crippen molar-refractivity contribution < 1.29 is 9.53 Å². The molecular formula is C18H19ClN4O2S. The monoisotopic (exact) mass is 390 g/mol. The van der Waals surface area contributed by atoms with Crippen LogP contribution in [0, 0.1) is 0 Å². The van der Waals surface area contributed by atoms with Crippen molar-refractivity contribution in [1.82, 2.24) is 14.8 Å². The number of nitrogens with zero attached hydrogens (tertiary/aromatic N) is 4. The third-order valence-electron chi connectivity index (χ3n) is 4.48. The molecule has 1 amide bonds. The highest BCUT2D eigenvalue weighted by Crippen LogP contribution is 2.34. The maximum atomic E-state index is 13.3. The van der Waals surface area contributed by atoms with E-state index in [4.69, 9.17) is 16.3 Å². The largest absolute Gasteiger partial charge is 0.376 e. The lowest BCUT2D eigenvalue weighted by molar-refractivity contribution is 0.0908. The molecule has 0 N–H and O–H groups in total. The van der Waals surface area contributed by atoms with Gasteiger partial charge in [0.2, 0.25) is 0 Å². The molecule has 3 aromatic rings. The van der Waals surface area contributed by atoms with E-state index in [9.17, 15) is 4.79 Å². The molecule has 3 heterocycles. The topological polar surface area (TPSA) is 60.2 Å². The summed E-state index contributed by atoms with van der Waals surface area (Å²) in [7, 11) is 0. The molecule has 1 aliphatic heterocycles. The minimum atomic E-state index is -0.116. The van der Waals surface area contributed by atoms with Gasteiger partial charge < -0.3 is 4.74 Å². The summed E-state index contributed by atoms with van der Waals surface area (Å²) in [6.07, 6.45) is 3.64. The lowest BCUT2D eigenvalue weighted by atomic mass is 10.2. The Kier molecular flexibility index (Phi) is 4.93. The van der Waals surface area contributed by atoms with E-state index in [1.807, 2.05) is 25.1 Å². The molecular weight excluding hydrogens is 372 g/mol. The maximum absolute atomic E-state index is 13.3. The Hall–Kier alpha value is -1.96. The summed E-state index contributed by atoms with van der Waals surface area (Å²) in [4.78, 5) is 19.6. The first-order chi connectivity index (χ1) is 12.7. The van der Waals surface area contributed by atoms with Crippen LogP contribution >= 0.6 is 22.9 Å². The summed E-state index contributed by atoms with van der Waals surface area (Å²) in [5.41, 5.74) is 1.28. The van der Waals surface area contributed by atoms with E-state index in [-0.39, 0.29) is 12.0 Å². The molecule has 26 heavy (non-hydrogen) atoms. The normalized spacial score (nSPS) is 17.1. The van der Waals surface area contributed by atoms with Gasteiger partial charge in [0.1, 0.15) is 11.2 Å². The zero-order valence-electron chi connectivity index (χ0n) is 14.4. The number of amides is 1. The van der Waals surface area contributed by atoms with E-state index in [1.54, 1.807) is 21.8 Å². The summed E-state index contributed by atoms with van der Waals surface area (Å²) >= 11 is 7.74. The van der Waals surface area contributed by atoms with Crippen LogP contribution in [-0.4, -0.2) is 39.9 Å². The standard InChI is InChI=1S/C18H19ClN4O2S/c1-2-23-14(8-9-20-23)17(24)22(11-12-5-4-10-25-12)18-21-16-13(19)6-3-7-15(16)26-18/h3,6-9,12H,2,4-5,10-11H2,1H3/t12-/m0/s1. The van der Waals surface area contributed by atoms with Crippen molar-refractivity contribution in [2.24, 2.45) is 0 Å². The third-order valence-corrected chi connectivity index (χ3v) is 5.83. The molecule has 136 valence electrons. The van der Waals surface area contributed by atoms with Gasteiger partial charge in [-0.1, -0.05) is 29.0 Å². The van der Waals surface area contributed by atoms with Crippen LogP contribution in [-0.2, 0) is 11.3 Å². The Morgan fingerprint density at radius 1 is 1.46 bits per heavy atom. The molecule has 0 radical (unpaired) electrons. The minimum absolute atomic E-state index is 0.0273. The molecule has 1 aromatic carbocycles. The molecule has 0 aliphatic carbocycles. The van der Waals surface area contributed by atoms with Gasteiger partial charge in [0.05, 0.1) is 22.4 Å². The lowest BCUT2D eigenvalue weighted by Crippen LogP contribution is -2.38. The van der Waals surface area contributed by atoms with Gasteiger partial charge in [-0.3, -0.25) is 14.4 Å². The molecule has 1 aliphatic rings. The lowest BCUT2D eigenvalue weighted by Gasteiger charge is -2.23. The van der Waals surface area contributed by atoms with Crippen LogP contribution < -0.4 is 4.90 Å². The van der Waals surface area contributed by atoms with Crippen molar-refractivity contribution in [3.63, 3.8) is 0 Å². The number of aromatic nitrogens is 3. The second-order valence-electron chi connectivity index (χ2n) is 6.17. The second-order valence-corrected chi connectivity index (χ2v) is 7.58. The number of hydrogen-bond acceptors (Lipinski definition) is 5. The fraction of sp³-hybridized carbons (Fsp3) is 0.389. The number of anilines is 1. The molecule has 6 nitrogen and oxygen atoms in total. The van der Waals surface area contributed by atoms with Crippen molar-refractivity contribution in [2.75, 3.05) is 18.1 Å². The SMILES string of the molecule is CCn1nccc1C(=O)N(C[C@@H]1CCCO1)c1nc2c(Cl)cccc2s1. The first-order valence-corrected chi connectivity index (χ1v) is 9.87. The third kappa shape index (κ3) is 3.22. The van der Waals surface area contributed by atoms with Gasteiger partial charge >= 0.3 is 0 Å². The first-order valence-electron chi connectivity index (χ1n) is 8.67. The Morgan fingerprint density at radius 2 is 2.35 bits per heavy atom. The van der Waals surface area contributed by atoms with Gasteiger partial charge in [-0.05, 0) is 38.0 Å². The maximum Gasteiger partial charge on any atom is 0.278 e. The predicted octanol–water partition coefficient (Wildman–Crippen LogP) is 3.99. The minimum Gasteiger partial charge on any atom is -0.376 e. The highest BCUT2D eigenvalue weighted by atomic mass is 35.5. The molecule has 1 saturated heterocycles. The average molecular weight is 391 g/mol. The molecule has 8 heteroatoms. The average Bonchev–Trinajstić information content (AvgIpc) is 3.38. The summed E-state index contributed by atoms with van der Waals surface area (Å²) in [5, 5.41) is 5.45. The van der Waals surface area contributed by atoms with E-state index < -0.39 is 0 Å². The predicted molar refractivity (Wildman–Crippen MR) is 103 cm³/mol. The summed E-state index contributed by atoms with van der Waals surface area (Å²) in [6.45, 7) is 3.82. The van der Waals surface area contributed by atoms with E-state index in [2.05, 4.69) is 10.1 Å². The van der Waals surface area contributed by atoms with Crippen LogP contribution in [0.1, 0.15) is 30.3 Å². The molecule has 2 aromatic heterocycles. The number of fused-ring (bicyclic) bond motifs is 1. The van der Waals surface area contributed by atoms with Gasteiger partial charge in [-0.2, -0.15) is 5.10 Å². The highest BCUT2D eigenvalue weighted by molar-refractivity contribution is 7.22. The zero-order chi connectivity index (χ0) is 18.1. The molecule has 1 fully saturated rings. The van der Waals surface area contributed by atoms with E-state index >= 15 is 0 Å². The molecule has 0 unspecified atom stereocenters. The number of benzene rings is 1. The number of aryl methyl sites for hydroxylation is 1. The number of thiazole rings is 1. The van der Waals surface area contributed by atoms with E-state index in [1.165, 1.54) is 11.3 Å². The number of hydrogen-bond donors (Lipinski definition) is 0. The number of carbonyl (C=O) groups is 1. The van der Waals surface area contributed by atoms with Crippen molar-refractivity contribution in [3.05, 3.63) is 41.2 Å². The Balaban J connectivity index is 1.74. The highest BCUT2D eigenvalue weighted by Gasteiger charge is 2.28. The van der Waals surface area contributed by atoms with Crippen molar-refractivity contribution >= 4 is 44.2 Å². The Morgan fingerprint density at radius 3 is 3.08 bits per heavy atom. The molecule has 4 rings (SSSR count).